The lowest BCUT2D eigenvalue weighted by molar-refractivity contribution is 0.268. The van der Waals surface area contributed by atoms with Gasteiger partial charge in [-0.15, -0.1) is 0 Å². The first kappa shape index (κ1) is 11.4. The van der Waals surface area contributed by atoms with E-state index < -0.39 is 0 Å². The molecule has 88 valence electrons. The van der Waals surface area contributed by atoms with Gasteiger partial charge in [0.2, 0.25) is 0 Å². The van der Waals surface area contributed by atoms with Gasteiger partial charge in [0.05, 0.1) is 12.6 Å². The summed E-state index contributed by atoms with van der Waals surface area (Å²) >= 11 is 0. The van der Waals surface area contributed by atoms with Crippen LogP contribution < -0.4 is 10.6 Å². The van der Waals surface area contributed by atoms with Crippen LogP contribution in [-0.2, 0) is 0 Å². The molecule has 1 atom stereocenters. The Kier molecular flexibility index (Phi) is 3.46. The number of hydrogen-bond donors (Lipinski definition) is 2. The summed E-state index contributed by atoms with van der Waals surface area (Å²) in [5.41, 5.74) is 9.38. The zero-order valence-corrected chi connectivity index (χ0v) is 9.82. The number of nitrogens with zero attached hydrogens (tertiary/aromatic N) is 1. The third kappa shape index (κ3) is 2.20. The summed E-state index contributed by atoms with van der Waals surface area (Å²) in [6.45, 7) is 4.43. The molecule has 1 fully saturated rings. The predicted octanol–water partition coefficient (Wildman–Crippen LogP) is 1.59. The zero-order valence-electron chi connectivity index (χ0n) is 9.82. The highest BCUT2D eigenvalue weighted by Gasteiger charge is 2.15. The third-order valence-electron chi connectivity index (χ3n) is 3.29. The van der Waals surface area contributed by atoms with Gasteiger partial charge in [-0.3, -0.25) is 0 Å². The predicted molar refractivity (Wildman–Crippen MR) is 66.6 cm³/mol. The lowest BCUT2D eigenvalue weighted by Gasteiger charge is -2.21. The Morgan fingerprint density at radius 3 is 2.62 bits per heavy atom. The van der Waals surface area contributed by atoms with E-state index in [0.29, 0.717) is 0 Å². The molecule has 0 aromatic heterocycles. The molecule has 3 N–H and O–H groups in total. The molecule has 1 aromatic carbocycles. The zero-order chi connectivity index (χ0) is 11.5. The van der Waals surface area contributed by atoms with Crippen LogP contribution in [-0.4, -0.2) is 24.8 Å². The number of rotatable bonds is 3. The van der Waals surface area contributed by atoms with Gasteiger partial charge in [0.15, 0.2) is 0 Å². The molecule has 3 nitrogen and oxygen atoms in total. The Balaban J connectivity index is 2.22. The largest absolute Gasteiger partial charge is 0.394 e. The molecule has 3 heteroatoms. The second kappa shape index (κ2) is 4.85. The minimum atomic E-state index is -0.258. The van der Waals surface area contributed by atoms with Crippen LogP contribution in [0.1, 0.15) is 30.0 Å². The minimum absolute atomic E-state index is 0.00248. The summed E-state index contributed by atoms with van der Waals surface area (Å²) in [5, 5.41) is 9.02. The molecule has 0 radical (unpaired) electrons. The number of hydrogen-bond acceptors (Lipinski definition) is 3. The van der Waals surface area contributed by atoms with E-state index in [1.807, 2.05) is 6.07 Å². The first-order valence-electron chi connectivity index (χ1n) is 5.94. The standard InChI is InChI=1S/C13H20N2O/c1-10-8-11(12(14)9-16)4-5-13(10)15-6-2-3-7-15/h4-5,8,12,16H,2-3,6-7,9,14H2,1H3/t12-/m0/s1. The molecule has 16 heavy (non-hydrogen) atoms. The number of benzene rings is 1. The van der Waals surface area contributed by atoms with E-state index in [-0.39, 0.29) is 12.6 Å². The number of aliphatic hydroxyl groups is 1. The fourth-order valence-corrected chi connectivity index (χ4v) is 2.33. The number of anilines is 1. The van der Waals surface area contributed by atoms with Gasteiger partial charge in [0.1, 0.15) is 0 Å². The van der Waals surface area contributed by atoms with Gasteiger partial charge in [-0.1, -0.05) is 12.1 Å². The Labute approximate surface area is 96.9 Å². The van der Waals surface area contributed by atoms with Gasteiger partial charge in [0.25, 0.3) is 0 Å². The normalized spacial score (nSPS) is 17.8. The highest BCUT2D eigenvalue weighted by Crippen LogP contribution is 2.26. The van der Waals surface area contributed by atoms with Gasteiger partial charge in [0, 0.05) is 18.8 Å². The SMILES string of the molecule is Cc1cc([C@@H](N)CO)ccc1N1CCCC1. The van der Waals surface area contributed by atoms with Crippen LogP contribution in [0.3, 0.4) is 0 Å². The van der Waals surface area contributed by atoms with Crippen LogP contribution in [0.25, 0.3) is 0 Å². The van der Waals surface area contributed by atoms with E-state index in [1.165, 1.54) is 24.1 Å². The molecular weight excluding hydrogens is 200 g/mol. The van der Waals surface area contributed by atoms with E-state index in [4.69, 9.17) is 10.8 Å². The maximum atomic E-state index is 9.02. The van der Waals surface area contributed by atoms with Gasteiger partial charge in [-0.25, -0.2) is 0 Å². The number of nitrogens with two attached hydrogens (primary N) is 1. The van der Waals surface area contributed by atoms with Gasteiger partial charge in [-0.2, -0.15) is 0 Å². The van der Waals surface area contributed by atoms with Crippen molar-refractivity contribution in [1.29, 1.82) is 0 Å². The number of aliphatic hydroxyl groups excluding tert-OH is 1. The van der Waals surface area contributed by atoms with Crippen molar-refractivity contribution < 1.29 is 5.11 Å². The van der Waals surface area contributed by atoms with Crippen molar-refractivity contribution in [1.82, 2.24) is 0 Å². The molecule has 1 aliphatic heterocycles. The molecule has 0 unspecified atom stereocenters. The summed E-state index contributed by atoms with van der Waals surface area (Å²) in [4.78, 5) is 2.42. The molecule has 0 bridgehead atoms. The molecule has 2 rings (SSSR count). The van der Waals surface area contributed by atoms with Crippen LogP contribution in [0.2, 0.25) is 0 Å². The first-order valence-corrected chi connectivity index (χ1v) is 5.94. The van der Waals surface area contributed by atoms with Gasteiger partial charge >= 0.3 is 0 Å². The fourth-order valence-electron chi connectivity index (χ4n) is 2.33. The van der Waals surface area contributed by atoms with Crippen LogP contribution in [0, 0.1) is 6.92 Å². The molecule has 1 aliphatic rings. The smallest absolute Gasteiger partial charge is 0.0624 e. The fraction of sp³-hybridized carbons (Fsp3) is 0.538. The van der Waals surface area contributed by atoms with Crippen LogP contribution >= 0.6 is 0 Å². The molecule has 0 spiro atoms. The molecule has 0 amide bonds. The Morgan fingerprint density at radius 1 is 1.38 bits per heavy atom. The lowest BCUT2D eigenvalue weighted by Crippen LogP contribution is -2.19. The van der Waals surface area contributed by atoms with E-state index in [0.717, 1.165) is 18.7 Å². The van der Waals surface area contributed by atoms with Crippen LogP contribution in [0.5, 0.6) is 0 Å². The average molecular weight is 220 g/mol. The highest BCUT2D eigenvalue weighted by atomic mass is 16.3. The topological polar surface area (TPSA) is 49.5 Å². The van der Waals surface area contributed by atoms with Crippen molar-refractivity contribution >= 4 is 5.69 Å². The molecule has 0 aliphatic carbocycles. The van der Waals surface area contributed by atoms with Gasteiger partial charge < -0.3 is 15.7 Å². The van der Waals surface area contributed by atoms with E-state index in [1.54, 1.807) is 0 Å². The monoisotopic (exact) mass is 220 g/mol. The number of aryl methyl sites for hydroxylation is 1. The second-order valence-electron chi connectivity index (χ2n) is 4.53. The van der Waals surface area contributed by atoms with Crippen molar-refractivity contribution in [2.24, 2.45) is 5.73 Å². The van der Waals surface area contributed by atoms with E-state index in [9.17, 15) is 0 Å². The lowest BCUT2D eigenvalue weighted by atomic mass is 10.0. The molecule has 1 aromatic rings. The van der Waals surface area contributed by atoms with Crippen molar-refractivity contribution in [3.05, 3.63) is 29.3 Å². The summed E-state index contributed by atoms with van der Waals surface area (Å²) in [6.07, 6.45) is 2.58. The van der Waals surface area contributed by atoms with Crippen molar-refractivity contribution in [3.8, 4) is 0 Å². The van der Waals surface area contributed by atoms with Crippen LogP contribution in [0.4, 0.5) is 5.69 Å². The Hall–Kier alpha value is -1.06. The van der Waals surface area contributed by atoms with Crippen molar-refractivity contribution in [2.75, 3.05) is 24.6 Å². The highest BCUT2D eigenvalue weighted by molar-refractivity contribution is 5.55. The molecule has 1 heterocycles. The quantitative estimate of drug-likeness (QED) is 0.813. The maximum absolute atomic E-state index is 9.02. The summed E-state index contributed by atoms with van der Waals surface area (Å²) in [7, 11) is 0. The maximum Gasteiger partial charge on any atom is 0.0624 e. The second-order valence-corrected chi connectivity index (χ2v) is 4.53. The molecule has 1 saturated heterocycles. The molecular formula is C13H20N2O. The summed E-state index contributed by atoms with van der Waals surface area (Å²) in [6, 6.07) is 5.99. The van der Waals surface area contributed by atoms with Crippen molar-refractivity contribution in [3.63, 3.8) is 0 Å². The molecule has 0 saturated carbocycles. The Bertz CT molecular complexity index is 359. The first-order chi connectivity index (χ1) is 7.72. The Morgan fingerprint density at radius 2 is 2.06 bits per heavy atom. The minimum Gasteiger partial charge on any atom is -0.394 e. The van der Waals surface area contributed by atoms with Crippen LogP contribution in [0.15, 0.2) is 18.2 Å². The van der Waals surface area contributed by atoms with E-state index >= 15 is 0 Å². The van der Waals surface area contributed by atoms with E-state index in [2.05, 4.69) is 24.0 Å². The van der Waals surface area contributed by atoms with Crippen molar-refractivity contribution in [2.45, 2.75) is 25.8 Å². The average Bonchev–Trinajstić information content (AvgIpc) is 2.81. The summed E-state index contributed by atoms with van der Waals surface area (Å²) in [5.74, 6) is 0. The third-order valence-corrected chi connectivity index (χ3v) is 3.29. The van der Waals surface area contributed by atoms with Gasteiger partial charge in [-0.05, 0) is 37.0 Å². The summed E-state index contributed by atoms with van der Waals surface area (Å²) < 4.78 is 0.